The highest BCUT2D eigenvalue weighted by Crippen LogP contribution is 2.20. The lowest BCUT2D eigenvalue weighted by Crippen LogP contribution is -2.46. The van der Waals surface area contributed by atoms with Gasteiger partial charge < -0.3 is 5.32 Å². The predicted octanol–water partition coefficient (Wildman–Crippen LogP) is 2.15. The fraction of sp³-hybridized carbons (Fsp3) is 0.118. The first-order valence-corrected chi connectivity index (χ1v) is 8.81. The van der Waals surface area contributed by atoms with E-state index in [4.69, 9.17) is 11.6 Å². The summed E-state index contributed by atoms with van der Waals surface area (Å²) in [6.45, 7) is -0.327. The summed E-state index contributed by atoms with van der Waals surface area (Å²) in [7, 11) is 0. The minimum absolute atomic E-state index is 0.0733. The molecule has 0 saturated carbocycles. The fourth-order valence-electron chi connectivity index (χ4n) is 1.82. The van der Waals surface area contributed by atoms with E-state index in [-0.39, 0.29) is 12.3 Å². The van der Waals surface area contributed by atoms with E-state index < -0.39 is 23.5 Å². The van der Waals surface area contributed by atoms with E-state index in [0.717, 1.165) is 11.8 Å². The maximum atomic E-state index is 13.4. The zero-order chi connectivity index (χ0) is 18.9. The Labute approximate surface area is 158 Å². The molecule has 0 fully saturated rings. The Morgan fingerprint density at radius 3 is 2.46 bits per heavy atom. The van der Waals surface area contributed by atoms with Crippen LogP contribution in [0.2, 0.25) is 5.02 Å². The zero-order valence-electron chi connectivity index (χ0n) is 13.4. The smallest absolute Gasteiger partial charge is 0.257 e. The molecule has 136 valence electrons. The molecule has 2 rings (SSSR count). The molecule has 0 spiro atoms. The van der Waals surface area contributed by atoms with Crippen molar-refractivity contribution in [1.29, 1.82) is 0 Å². The number of hydrazine groups is 1. The van der Waals surface area contributed by atoms with Gasteiger partial charge in [0, 0.05) is 15.5 Å². The first kappa shape index (κ1) is 19.7. The van der Waals surface area contributed by atoms with E-state index in [9.17, 15) is 18.8 Å². The number of benzene rings is 2. The number of carbonyl (C=O) groups is 3. The van der Waals surface area contributed by atoms with Crippen LogP contribution in [0.1, 0.15) is 10.4 Å². The van der Waals surface area contributed by atoms with Crippen molar-refractivity contribution >= 4 is 41.1 Å². The summed E-state index contributed by atoms with van der Waals surface area (Å²) in [5, 5.41) is 2.80. The van der Waals surface area contributed by atoms with E-state index in [0.29, 0.717) is 15.5 Å². The molecule has 0 aliphatic carbocycles. The molecule has 3 amide bonds. The second-order valence-corrected chi connectivity index (χ2v) is 6.46. The first-order valence-electron chi connectivity index (χ1n) is 7.44. The summed E-state index contributed by atoms with van der Waals surface area (Å²) in [5.41, 5.74) is 4.67. The van der Waals surface area contributed by atoms with Crippen molar-refractivity contribution in [3.05, 3.63) is 64.9 Å². The van der Waals surface area contributed by atoms with Gasteiger partial charge in [-0.3, -0.25) is 25.2 Å². The quantitative estimate of drug-likeness (QED) is 0.516. The van der Waals surface area contributed by atoms with E-state index in [1.165, 1.54) is 12.1 Å². The summed E-state index contributed by atoms with van der Waals surface area (Å²) < 4.78 is 13.4. The van der Waals surface area contributed by atoms with Crippen LogP contribution in [-0.4, -0.2) is 30.0 Å². The summed E-state index contributed by atoms with van der Waals surface area (Å²) in [6, 6.07) is 12.3. The average Bonchev–Trinajstić information content (AvgIpc) is 2.63. The van der Waals surface area contributed by atoms with Gasteiger partial charge in [0.1, 0.15) is 5.82 Å². The lowest BCUT2D eigenvalue weighted by molar-refractivity contribution is -0.127. The van der Waals surface area contributed by atoms with Crippen molar-refractivity contribution in [3.63, 3.8) is 0 Å². The van der Waals surface area contributed by atoms with Crippen LogP contribution in [0, 0.1) is 5.82 Å². The monoisotopic (exact) mass is 395 g/mol. The Kier molecular flexibility index (Phi) is 7.43. The van der Waals surface area contributed by atoms with Gasteiger partial charge in [0.25, 0.3) is 11.8 Å². The number of halogens is 2. The van der Waals surface area contributed by atoms with Gasteiger partial charge in [-0.05, 0) is 30.3 Å². The van der Waals surface area contributed by atoms with Crippen LogP contribution in [0.5, 0.6) is 0 Å². The molecule has 6 nitrogen and oxygen atoms in total. The number of carbonyl (C=O) groups excluding carboxylic acids is 3. The molecule has 0 aromatic heterocycles. The standard InChI is InChI=1S/C17H15ClFN3O3S/c18-12-5-3-4-11(8-12)17(25)20-9-15(23)21-22-16(24)10-26-14-7-2-1-6-13(14)19/h1-8H,9-10H2,(H,20,25)(H,21,23)(H,22,24). The highest BCUT2D eigenvalue weighted by atomic mass is 35.5. The number of rotatable bonds is 6. The zero-order valence-corrected chi connectivity index (χ0v) is 15.0. The summed E-state index contributed by atoms with van der Waals surface area (Å²) >= 11 is 6.79. The van der Waals surface area contributed by atoms with Crippen LogP contribution in [0.25, 0.3) is 0 Å². The lowest BCUT2D eigenvalue weighted by Gasteiger charge is -2.09. The van der Waals surface area contributed by atoms with Gasteiger partial charge >= 0.3 is 0 Å². The van der Waals surface area contributed by atoms with Crippen molar-refractivity contribution < 1.29 is 18.8 Å². The van der Waals surface area contributed by atoms with Gasteiger partial charge in [-0.15, -0.1) is 11.8 Å². The van der Waals surface area contributed by atoms with E-state index >= 15 is 0 Å². The molecule has 9 heteroatoms. The van der Waals surface area contributed by atoms with Crippen LogP contribution in [0.4, 0.5) is 4.39 Å². The van der Waals surface area contributed by atoms with Crippen LogP contribution >= 0.6 is 23.4 Å². The number of thioether (sulfide) groups is 1. The maximum absolute atomic E-state index is 13.4. The molecule has 0 saturated heterocycles. The molecule has 0 bridgehead atoms. The van der Waals surface area contributed by atoms with Gasteiger partial charge in [0.15, 0.2) is 0 Å². The van der Waals surface area contributed by atoms with Crippen LogP contribution in [0.3, 0.4) is 0 Å². The summed E-state index contributed by atoms with van der Waals surface area (Å²) in [4.78, 5) is 35.5. The highest BCUT2D eigenvalue weighted by molar-refractivity contribution is 8.00. The van der Waals surface area contributed by atoms with Gasteiger partial charge in [-0.1, -0.05) is 29.8 Å². The van der Waals surface area contributed by atoms with E-state index in [1.807, 2.05) is 0 Å². The Bertz CT molecular complexity index is 819. The van der Waals surface area contributed by atoms with Crippen molar-refractivity contribution in [2.24, 2.45) is 0 Å². The first-order chi connectivity index (χ1) is 12.5. The van der Waals surface area contributed by atoms with E-state index in [2.05, 4.69) is 16.2 Å². The van der Waals surface area contributed by atoms with Gasteiger partial charge in [-0.2, -0.15) is 0 Å². The second-order valence-electron chi connectivity index (χ2n) is 5.01. The lowest BCUT2D eigenvalue weighted by atomic mass is 10.2. The van der Waals surface area contributed by atoms with Crippen molar-refractivity contribution in [2.45, 2.75) is 4.90 Å². The number of hydrogen-bond donors (Lipinski definition) is 3. The third kappa shape index (κ3) is 6.38. The predicted molar refractivity (Wildman–Crippen MR) is 97.2 cm³/mol. The average molecular weight is 396 g/mol. The van der Waals surface area contributed by atoms with Crippen molar-refractivity contribution in [2.75, 3.05) is 12.3 Å². The molecule has 0 aliphatic heterocycles. The Morgan fingerprint density at radius 2 is 1.73 bits per heavy atom. The summed E-state index contributed by atoms with van der Waals surface area (Å²) in [6.07, 6.45) is 0. The summed E-state index contributed by atoms with van der Waals surface area (Å²) in [5.74, 6) is -2.07. The number of nitrogens with one attached hydrogen (secondary N) is 3. The van der Waals surface area contributed by atoms with Crippen LogP contribution in [-0.2, 0) is 9.59 Å². The van der Waals surface area contributed by atoms with Gasteiger partial charge in [-0.25, -0.2) is 4.39 Å². The normalized spacial score (nSPS) is 10.1. The molecule has 0 heterocycles. The van der Waals surface area contributed by atoms with E-state index in [1.54, 1.807) is 36.4 Å². The molecule has 3 N–H and O–H groups in total. The molecule has 0 aliphatic rings. The van der Waals surface area contributed by atoms with Gasteiger partial charge in [0.05, 0.1) is 12.3 Å². The molecule has 26 heavy (non-hydrogen) atoms. The SMILES string of the molecule is O=C(CNC(=O)c1cccc(Cl)c1)NNC(=O)CSc1ccccc1F. The third-order valence-corrected chi connectivity index (χ3v) is 4.32. The topological polar surface area (TPSA) is 87.3 Å². The Balaban J connectivity index is 1.69. The second kappa shape index (κ2) is 9.79. The molecule has 0 atom stereocenters. The largest absolute Gasteiger partial charge is 0.343 e. The van der Waals surface area contributed by atoms with Crippen LogP contribution < -0.4 is 16.2 Å². The number of amides is 3. The Hall–Kier alpha value is -2.58. The molecular formula is C17H15ClFN3O3S. The minimum atomic E-state index is -0.607. The highest BCUT2D eigenvalue weighted by Gasteiger charge is 2.10. The Morgan fingerprint density at radius 1 is 1.00 bits per heavy atom. The van der Waals surface area contributed by atoms with Crippen molar-refractivity contribution in [1.82, 2.24) is 16.2 Å². The molecule has 0 radical (unpaired) electrons. The molecule has 0 unspecified atom stereocenters. The van der Waals surface area contributed by atoms with Gasteiger partial charge in [0.2, 0.25) is 5.91 Å². The molecule has 2 aromatic carbocycles. The molecule has 2 aromatic rings. The van der Waals surface area contributed by atoms with Crippen LogP contribution in [0.15, 0.2) is 53.4 Å². The maximum Gasteiger partial charge on any atom is 0.257 e. The third-order valence-electron chi connectivity index (χ3n) is 3.03. The fourth-order valence-corrected chi connectivity index (χ4v) is 2.75. The molecular weight excluding hydrogens is 381 g/mol. The van der Waals surface area contributed by atoms with Crippen molar-refractivity contribution in [3.8, 4) is 0 Å². The number of hydrogen-bond acceptors (Lipinski definition) is 4. The minimum Gasteiger partial charge on any atom is -0.343 e.